The second kappa shape index (κ2) is 6.25. The van der Waals surface area contributed by atoms with Crippen molar-refractivity contribution in [3.8, 4) is 0 Å². The Balaban J connectivity index is 1.98. The van der Waals surface area contributed by atoms with Crippen LogP contribution in [0.2, 0.25) is 0 Å². The van der Waals surface area contributed by atoms with Gasteiger partial charge in [-0.3, -0.25) is 4.79 Å². The van der Waals surface area contributed by atoms with Crippen molar-refractivity contribution in [1.29, 1.82) is 0 Å². The predicted molar refractivity (Wildman–Crippen MR) is 74.9 cm³/mol. The molecule has 1 saturated heterocycles. The van der Waals surface area contributed by atoms with Gasteiger partial charge in [-0.1, -0.05) is 20.8 Å². The average molecular weight is 268 g/mol. The highest BCUT2D eigenvalue weighted by molar-refractivity contribution is 5.74. The molecule has 1 heterocycles. The first kappa shape index (κ1) is 14.8. The van der Waals surface area contributed by atoms with Gasteiger partial charge in [-0.05, 0) is 51.4 Å². The number of rotatable bonds is 5. The summed E-state index contributed by atoms with van der Waals surface area (Å²) in [6.07, 6.45) is 8.43. The molecule has 0 radical (unpaired) electrons. The van der Waals surface area contributed by atoms with Crippen molar-refractivity contribution in [2.45, 2.75) is 89.9 Å². The minimum atomic E-state index is -0.167. The zero-order chi connectivity index (χ0) is 13.9. The topological polar surface area (TPSA) is 35.5 Å². The summed E-state index contributed by atoms with van der Waals surface area (Å²) in [6, 6.07) is 0. The van der Waals surface area contributed by atoms with E-state index in [1.165, 1.54) is 12.8 Å². The highest BCUT2D eigenvalue weighted by Crippen LogP contribution is 2.39. The molecule has 0 aromatic heterocycles. The number of carbonyl (C=O) groups excluding carboxylic acids is 1. The molecule has 0 amide bonds. The van der Waals surface area contributed by atoms with Crippen LogP contribution in [0.15, 0.2) is 0 Å². The van der Waals surface area contributed by atoms with Gasteiger partial charge >= 0.3 is 5.97 Å². The zero-order valence-corrected chi connectivity index (χ0v) is 12.6. The summed E-state index contributed by atoms with van der Waals surface area (Å²) in [5.74, 6) is -0.0504. The van der Waals surface area contributed by atoms with Gasteiger partial charge in [0.1, 0.15) is 5.60 Å². The first-order chi connectivity index (χ1) is 9.14. The maximum Gasteiger partial charge on any atom is 0.312 e. The van der Waals surface area contributed by atoms with Gasteiger partial charge in [0.2, 0.25) is 0 Å². The van der Waals surface area contributed by atoms with Gasteiger partial charge < -0.3 is 9.47 Å². The second-order valence-corrected chi connectivity index (χ2v) is 6.12. The Labute approximate surface area is 117 Å². The molecular weight excluding hydrogens is 240 g/mol. The van der Waals surface area contributed by atoms with E-state index in [-0.39, 0.29) is 29.7 Å². The number of esters is 1. The largest absolute Gasteiger partial charge is 0.459 e. The van der Waals surface area contributed by atoms with E-state index < -0.39 is 0 Å². The van der Waals surface area contributed by atoms with E-state index in [4.69, 9.17) is 9.47 Å². The molecule has 0 spiro atoms. The Morgan fingerprint density at radius 3 is 2.42 bits per heavy atom. The quantitative estimate of drug-likeness (QED) is 0.711. The first-order valence-electron chi connectivity index (χ1n) is 8.02. The minimum absolute atomic E-state index is 0.00782. The maximum atomic E-state index is 12.5. The van der Waals surface area contributed by atoms with E-state index in [9.17, 15) is 4.79 Å². The molecule has 0 aromatic carbocycles. The van der Waals surface area contributed by atoms with Crippen molar-refractivity contribution in [3.05, 3.63) is 0 Å². The molecule has 3 heteroatoms. The standard InChI is InChI=1S/C16H28O3/c1-4-12-11-13(14(5-2)18-12)15(17)19-16(6-3)9-7-8-10-16/h12-14H,4-11H2,1-3H3. The Morgan fingerprint density at radius 2 is 1.89 bits per heavy atom. The third-order valence-corrected chi connectivity index (χ3v) is 4.97. The summed E-state index contributed by atoms with van der Waals surface area (Å²) >= 11 is 0. The Morgan fingerprint density at radius 1 is 1.21 bits per heavy atom. The van der Waals surface area contributed by atoms with Crippen molar-refractivity contribution >= 4 is 5.97 Å². The highest BCUT2D eigenvalue weighted by Gasteiger charge is 2.43. The lowest BCUT2D eigenvalue weighted by molar-refractivity contribution is -0.166. The SMILES string of the molecule is CCC1CC(C(=O)OC2(CC)CCCC2)C(CC)O1. The summed E-state index contributed by atoms with van der Waals surface area (Å²) in [7, 11) is 0. The fourth-order valence-electron chi connectivity index (χ4n) is 3.56. The number of ether oxygens (including phenoxy) is 2. The second-order valence-electron chi connectivity index (χ2n) is 6.12. The van der Waals surface area contributed by atoms with Crippen molar-refractivity contribution in [2.75, 3.05) is 0 Å². The van der Waals surface area contributed by atoms with Gasteiger partial charge in [0.15, 0.2) is 0 Å². The van der Waals surface area contributed by atoms with Crippen LogP contribution in [0.1, 0.15) is 72.1 Å². The van der Waals surface area contributed by atoms with Crippen molar-refractivity contribution in [3.63, 3.8) is 0 Å². The lowest BCUT2D eigenvalue weighted by Gasteiger charge is -2.30. The molecule has 1 aliphatic heterocycles. The normalized spacial score (nSPS) is 33.5. The van der Waals surface area contributed by atoms with Crippen LogP contribution in [0.4, 0.5) is 0 Å². The van der Waals surface area contributed by atoms with Gasteiger partial charge in [0.25, 0.3) is 0 Å². The molecule has 2 aliphatic rings. The minimum Gasteiger partial charge on any atom is -0.459 e. The van der Waals surface area contributed by atoms with Crippen molar-refractivity contribution < 1.29 is 14.3 Å². The predicted octanol–water partition coefficient (Wildman–Crippen LogP) is 3.85. The van der Waals surface area contributed by atoms with Crippen LogP contribution in [0, 0.1) is 5.92 Å². The molecule has 1 aliphatic carbocycles. The van der Waals surface area contributed by atoms with Crippen LogP contribution >= 0.6 is 0 Å². The van der Waals surface area contributed by atoms with Gasteiger partial charge in [-0.15, -0.1) is 0 Å². The Hall–Kier alpha value is -0.570. The van der Waals surface area contributed by atoms with E-state index >= 15 is 0 Å². The molecule has 3 atom stereocenters. The van der Waals surface area contributed by atoms with Crippen LogP contribution in [-0.2, 0) is 14.3 Å². The molecule has 0 N–H and O–H groups in total. The molecule has 3 nitrogen and oxygen atoms in total. The monoisotopic (exact) mass is 268 g/mol. The molecule has 3 unspecified atom stereocenters. The number of hydrogen-bond donors (Lipinski definition) is 0. The van der Waals surface area contributed by atoms with Gasteiger partial charge in [0.05, 0.1) is 18.1 Å². The summed E-state index contributed by atoms with van der Waals surface area (Å²) in [4.78, 5) is 12.5. The maximum absolute atomic E-state index is 12.5. The van der Waals surface area contributed by atoms with Crippen LogP contribution < -0.4 is 0 Å². The highest BCUT2D eigenvalue weighted by atomic mass is 16.6. The Kier molecular flexibility index (Phi) is 4.88. The van der Waals surface area contributed by atoms with Crippen LogP contribution in [-0.4, -0.2) is 23.8 Å². The van der Waals surface area contributed by atoms with Gasteiger partial charge in [-0.2, -0.15) is 0 Å². The zero-order valence-electron chi connectivity index (χ0n) is 12.6. The Bertz CT molecular complexity index is 307. The van der Waals surface area contributed by atoms with Gasteiger partial charge in [-0.25, -0.2) is 0 Å². The molecule has 110 valence electrons. The smallest absolute Gasteiger partial charge is 0.312 e. The molecule has 2 fully saturated rings. The van der Waals surface area contributed by atoms with E-state index in [1.807, 2.05) is 0 Å². The molecule has 1 saturated carbocycles. The summed E-state index contributed by atoms with van der Waals surface area (Å²) < 4.78 is 11.9. The summed E-state index contributed by atoms with van der Waals surface area (Å²) in [5.41, 5.74) is -0.167. The lowest BCUT2D eigenvalue weighted by Crippen LogP contribution is -2.36. The molecular formula is C16H28O3. The lowest BCUT2D eigenvalue weighted by atomic mass is 9.95. The third-order valence-electron chi connectivity index (χ3n) is 4.97. The number of hydrogen-bond acceptors (Lipinski definition) is 3. The summed E-state index contributed by atoms with van der Waals surface area (Å²) in [5, 5.41) is 0. The van der Waals surface area contributed by atoms with E-state index in [1.54, 1.807) is 0 Å². The van der Waals surface area contributed by atoms with E-state index in [2.05, 4.69) is 20.8 Å². The van der Waals surface area contributed by atoms with Crippen LogP contribution in [0.5, 0.6) is 0 Å². The average Bonchev–Trinajstić information content (AvgIpc) is 3.05. The summed E-state index contributed by atoms with van der Waals surface area (Å²) in [6.45, 7) is 6.35. The molecule has 19 heavy (non-hydrogen) atoms. The van der Waals surface area contributed by atoms with Crippen LogP contribution in [0.25, 0.3) is 0 Å². The fourth-order valence-corrected chi connectivity index (χ4v) is 3.56. The van der Waals surface area contributed by atoms with Crippen molar-refractivity contribution in [1.82, 2.24) is 0 Å². The third kappa shape index (κ3) is 3.13. The van der Waals surface area contributed by atoms with Crippen LogP contribution in [0.3, 0.4) is 0 Å². The van der Waals surface area contributed by atoms with Gasteiger partial charge in [0, 0.05) is 0 Å². The molecule has 0 bridgehead atoms. The van der Waals surface area contributed by atoms with Crippen molar-refractivity contribution in [2.24, 2.45) is 5.92 Å². The fraction of sp³-hybridized carbons (Fsp3) is 0.938. The van der Waals surface area contributed by atoms with E-state index in [0.29, 0.717) is 0 Å². The first-order valence-corrected chi connectivity index (χ1v) is 8.02. The number of carbonyl (C=O) groups is 1. The van der Waals surface area contributed by atoms with E-state index in [0.717, 1.165) is 38.5 Å². The molecule has 0 aromatic rings. The molecule has 2 rings (SSSR count).